The molecule has 1 aliphatic heterocycles. The minimum Gasteiger partial charge on any atom is -0.381 e. The zero-order chi connectivity index (χ0) is 9.97. The molecule has 2 heterocycles. The summed E-state index contributed by atoms with van der Waals surface area (Å²) in [5.74, 6) is 5.98. The monoisotopic (exact) mass is 196 g/mol. The van der Waals surface area contributed by atoms with Crippen molar-refractivity contribution in [2.45, 2.75) is 12.5 Å². The van der Waals surface area contributed by atoms with Crippen LogP contribution in [0.3, 0.4) is 0 Å². The molecule has 78 valence electrons. The lowest BCUT2D eigenvalue weighted by atomic mass is 9.97. The van der Waals surface area contributed by atoms with Crippen LogP contribution in [0.15, 0.2) is 12.5 Å². The molecule has 5 heteroatoms. The molecule has 0 saturated carbocycles. The van der Waals surface area contributed by atoms with Crippen molar-refractivity contribution in [3.8, 4) is 0 Å². The van der Waals surface area contributed by atoms with Gasteiger partial charge in [-0.1, -0.05) is 0 Å². The fourth-order valence-corrected chi connectivity index (χ4v) is 1.87. The Morgan fingerprint density at radius 1 is 1.79 bits per heavy atom. The molecule has 1 aromatic rings. The normalized spacial score (nSPS) is 24.0. The van der Waals surface area contributed by atoms with Crippen LogP contribution in [-0.2, 0) is 11.8 Å². The van der Waals surface area contributed by atoms with E-state index in [4.69, 9.17) is 10.6 Å². The molecule has 0 radical (unpaired) electrons. The van der Waals surface area contributed by atoms with Crippen molar-refractivity contribution in [2.24, 2.45) is 18.8 Å². The van der Waals surface area contributed by atoms with Crippen molar-refractivity contribution in [1.82, 2.24) is 15.0 Å². The summed E-state index contributed by atoms with van der Waals surface area (Å²) in [7, 11) is 1.95. The first-order valence-electron chi connectivity index (χ1n) is 4.83. The number of imidazole rings is 1. The van der Waals surface area contributed by atoms with Crippen molar-refractivity contribution in [2.75, 3.05) is 13.2 Å². The van der Waals surface area contributed by atoms with Gasteiger partial charge < -0.3 is 9.30 Å². The Kier molecular flexibility index (Phi) is 2.81. The van der Waals surface area contributed by atoms with Crippen molar-refractivity contribution in [3.05, 3.63) is 18.2 Å². The van der Waals surface area contributed by atoms with Gasteiger partial charge in [0.2, 0.25) is 0 Å². The van der Waals surface area contributed by atoms with Gasteiger partial charge in [-0.05, 0) is 6.42 Å². The van der Waals surface area contributed by atoms with E-state index in [-0.39, 0.29) is 6.04 Å². The van der Waals surface area contributed by atoms with E-state index in [0.717, 1.165) is 25.3 Å². The Morgan fingerprint density at radius 2 is 2.64 bits per heavy atom. The van der Waals surface area contributed by atoms with Gasteiger partial charge in [0.25, 0.3) is 0 Å². The maximum atomic E-state index is 5.54. The van der Waals surface area contributed by atoms with E-state index >= 15 is 0 Å². The van der Waals surface area contributed by atoms with E-state index in [1.807, 2.05) is 17.8 Å². The lowest BCUT2D eigenvalue weighted by Gasteiger charge is -2.18. The summed E-state index contributed by atoms with van der Waals surface area (Å²) in [5.41, 5.74) is 3.81. The van der Waals surface area contributed by atoms with Crippen molar-refractivity contribution < 1.29 is 4.74 Å². The molecular weight excluding hydrogens is 180 g/mol. The van der Waals surface area contributed by atoms with Crippen molar-refractivity contribution >= 4 is 0 Å². The molecule has 1 aliphatic rings. The average Bonchev–Trinajstić information content (AvgIpc) is 2.79. The summed E-state index contributed by atoms with van der Waals surface area (Å²) in [6.45, 7) is 1.60. The molecule has 0 amide bonds. The Labute approximate surface area is 83.2 Å². The lowest BCUT2D eigenvalue weighted by molar-refractivity contribution is 0.176. The summed E-state index contributed by atoms with van der Waals surface area (Å²) < 4.78 is 7.26. The number of nitrogens with zero attached hydrogens (tertiary/aromatic N) is 2. The van der Waals surface area contributed by atoms with E-state index in [0.29, 0.717) is 5.92 Å². The van der Waals surface area contributed by atoms with Crippen LogP contribution in [0.5, 0.6) is 0 Å². The van der Waals surface area contributed by atoms with E-state index in [1.54, 1.807) is 6.33 Å². The fourth-order valence-electron chi connectivity index (χ4n) is 1.87. The van der Waals surface area contributed by atoms with E-state index in [1.165, 1.54) is 0 Å². The molecule has 14 heavy (non-hydrogen) atoms. The number of rotatable bonds is 3. The molecule has 1 aromatic heterocycles. The summed E-state index contributed by atoms with van der Waals surface area (Å²) in [6.07, 6.45) is 4.82. The highest BCUT2D eigenvalue weighted by Crippen LogP contribution is 2.26. The minimum atomic E-state index is 0.110. The predicted octanol–water partition coefficient (Wildman–Crippen LogP) is -0.0390. The van der Waals surface area contributed by atoms with Gasteiger partial charge in [0.05, 0.1) is 24.7 Å². The van der Waals surface area contributed by atoms with Crippen LogP contribution < -0.4 is 11.3 Å². The van der Waals surface area contributed by atoms with Crippen LogP contribution in [-0.4, -0.2) is 22.8 Å². The molecule has 3 N–H and O–H groups in total. The number of hydrogen-bond donors (Lipinski definition) is 2. The molecule has 1 fully saturated rings. The van der Waals surface area contributed by atoms with Crippen molar-refractivity contribution in [1.29, 1.82) is 0 Å². The van der Waals surface area contributed by atoms with Gasteiger partial charge in [0.15, 0.2) is 0 Å². The molecule has 0 bridgehead atoms. The first kappa shape index (κ1) is 9.64. The molecule has 0 spiro atoms. The van der Waals surface area contributed by atoms with E-state index in [9.17, 15) is 0 Å². The summed E-state index contributed by atoms with van der Waals surface area (Å²) in [4.78, 5) is 4.30. The Hall–Kier alpha value is -0.910. The first-order chi connectivity index (χ1) is 6.81. The second kappa shape index (κ2) is 4.08. The zero-order valence-electron chi connectivity index (χ0n) is 8.31. The largest absolute Gasteiger partial charge is 0.381 e. The van der Waals surface area contributed by atoms with Crippen LogP contribution in [0.1, 0.15) is 18.2 Å². The summed E-state index contributed by atoms with van der Waals surface area (Å²) in [5, 5.41) is 0. The number of hydrogen-bond acceptors (Lipinski definition) is 4. The van der Waals surface area contributed by atoms with Crippen molar-refractivity contribution in [3.63, 3.8) is 0 Å². The average molecular weight is 196 g/mol. The highest BCUT2D eigenvalue weighted by atomic mass is 16.5. The zero-order valence-corrected chi connectivity index (χ0v) is 8.31. The highest BCUT2D eigenvalue weighted by Gasteiger charge is 2.27. The second-order valence-corrected chi connectivity index (χ2v) is 3.73. The third-order valence-corrected chi connectivity index (χ3v) is 2.66. The molecule has 2 atom stereocenters. The third-order valence-electron chi connectivity index (χ3n) is 2.66. The van der Waals surface area contributed by atoms with Gasteiger partial charge in [0, 0.05) is 25.8 Å². The number of aromatic nitrogens is 2. The fraction of sp³-hybridized carbons (Fsp3) is 0.667. The quantitative estimate of drug-likeness (QED) is 0.526. The highest BCUT2D eigenvalue weighted by molar-refractivity contribution is 5.05. The molecule has 2 unspecified atom stereocenters. The van der Waals surface area contributed by atoms with Gasteiger partial charge >= 0.3 is 0 Å². The van der Waals surface area contributed by atoms with Gasteiger partial charge in [-0.15, -0.1) is 0 Å². The maximum Gasteiger partial charge on any atom is 0.0947 e. The van der Waals surface area contributed by atoms with Crippen LogP contribution in [0.2, 0.25) is 0 Å². The Balaban J connectivity index is 2.12. The number of aryl methyl sites for hydroxylation is 1. The van der Waals surface area contributed by atoms with Gasteiger partial charge in [-0.25, -0.2) is 4.98 Å². The molecule has 0 aliphatic carbocycles. The van der Waals surface area contributed by atoms with Gasteiger partial charge in [-0.2, -0.15) is 0 Å². The number of hydrazine groups is 1. The number of nitrogens with one attached hydrogen (secondary N) is 1. The first-order valence-corrected chi connectivity index (χ1v) is 4.83. The topological polar surface area (TPSA) is 65.1 Å². The predicted molar refractivity (Wildman–Crippen MR) is 52.2 cm³/mol. The second-order valence-electron chi connectivity index (χ2n) is 3.73. The van der Waals surface area contributed by atoms with Gasteiger partial charge in [-0.3, -0.25) is 11.3 Å². The van der Waals surface area contributed by atoms with Crippen LogP contribution >= 0.6 is 0 Å². The van der Waals surface area contributed by atoms with E-state index < -0.39 is 0 Å². The minimum absolute atomic E-state index is 0.110. The van der Waals surface area contributed by atoms with Gasteiger partial charge in [0.1, 0.15) is 0 Å². The van der Waals surface area contributed by atoms with Crippen LogP contribution in [0, 0.1) is 5.92 Å². The Bertz CT molecular complexity index is 293. The van der Waals surface area contributed by atoms with Crippen LogP contribution in [0.4, 0.5) is 0 Å². The summed E-state index contributed by atoms with van der Waals surface area (Å²) in [6, 6.07) is 0.110. The van der Waals surface area contributed by atoms with Crippen LogP contribution in [0.25, 0.3) is 0 Å². The molecule has 1 saturated heterocycles. The summed E-state index contributed by atoms with van der Waals surface area (Å²) >= 11 is 0. The number of nitrogens with two attached hydrogens (primary N) is 1. The SMILES string of the molecule is Cn1cnc(C(NN)C2CCOC2)c1. The van der Waals surface area contributed by atoms with E-state index in [2.05, 4.69) is 10.4 Å². The standard InChI is InChI=1S/C9H16N4O/c1-13-4-8(11-6-13)9(12-10)7-2-3-14-5-7/h4,6-7,9,12H,2-3,5,10H2,1H3. The number of ether oxygens (including phenoxy) is 1. The molecule has 5 nitrogen and oxygen atoms in total. The maximum absolute atomic E-state index is 5.54. The smallest absolute Gasteiger partial charge is 0.0947 e. The molecule has 2 rings (SSSR count). The molecule has 0 aromatic carbocycles. The third kappa shape index (κ3) is 1.79. The Morgan fingerprint density at radius 3 is 3.14 bits per heavy atom. The molecular formula is C9H16N4O. The lowest BCUT2D eigenvalue weighted by Crippen LogP contribution is -2.34.